The monoisotopic (exact) mass is 396 g/mol. The van der Waals surface area contributed by atoms with E-state index in [0.717, 1.165) is 17.0 Å². The fourth-order valence-corrected chi connectivity index (χ4v) is 5.92. The van der Waals surface area contributed by atoms with Crippen LogP contribution >= 0.6 is 11.3 Å². The molecule has 0 radical (unpaired) electrons. The molecule has 0 aliphatic carbocycles. The van der Waals surface area contributed by atoms with Crippen molar-refractivity contribution in [3.05, 3.63) is 45.2 Å². The van der Waals surface area contributed by atoms with Gasteiger partial charge in [0, 0.05) is 36.8 Å². The number of thiophene rings is 1. The molecule has 1 fully saturated rings. The van der Waals surface area contributed by atoms with E-state index in [2.05, 4.69) is 0 Å². The van der Waals surface area contributed by atoms with Gasteiger partial charge in [-0.1, -0.05) is 6.92 Å². The Morgan fingerprint density at radius 2 is 1.92 bits per heavy atom. The molecule has 0 N–H and O–H groups in total. The van der Waals surface area contributed by atoms with Gasteiger partial charge in [0.15, 0.2) is 0 Å². The molecular formula is C18H24N2O4S2. The van der Waals surface area contributed by atoms with Gasteiger partial charge in [-0.15, -0.1) is 11.3 Å². The molecule has 6 nitrogen and oxygen atoms in total. The minimum atomic E-state index is -3.42. The third-order valence-electron chi connectivity index (χ3n) is 4.76. The Bertz CT molecular complexity index is 938. The summed E-state index contributed by atoms with van der Waals surface area (Å²) in [7, 11) is -1.70. The molecule has 3 heterocycles. The zero-order valence-corrected chi connectivity index (χ0v) is 16.9. The van der Waals surface area contributed by atoms with Crippen molar-refractivity contribution in [3.8, 4) is 5.75 Å². The highest BCUT2D eigenvalue weighted by atomic mass is 32.2. The molecule has 3 rings (SSSR count). The predicted molar refractivity (Wildman–Crippen MR) is 103 cm³/mol. The van der Waals surface area contributed by atoms with E-state index in [9.17, 15) is 13.2 Å². The lowest BCUT2D eigenvalue weighted by atomic mass is 10.1. The van der Waals surface area contributed by atoms with Gasteiger partial charge < -0.3 is 9.30 Å². The van der Waals surface area contributed by atoms with E-state index >= 15 is 0 Å². The molecule has 0 aromatic carbocycles. The molecule has 0 saturated carbocycles. The molecule has 1 aliphatic rings. The largest absolute Gasteiger partial charge is 0.490 e. The van der Waals surface area contributed by atoms with Crippen LogP contribution in [0.1, 0.15) is 30.3 Å². The van der Waals surface area contributed by atoms with Crippen molar-refractivity contribution in [1.29, 1.82) is 0 Å². The van der Waals surface area contributed by atoms with E-state index in [1.807, 2.05) is 26.0 Å². The summed E-state index contributed by atoms with van der Waals surface area (Å²) >= 11 is 1.34. The summed E-state index contributed by atoms with van der Waals surface area (Å²) in [6, 6.07) is 6.89. The van der Waals surface area contributed by atoms with Crippen molar-refractivity contribution in [3.63, 3.8) is 0 Å². The lowest BCUT2D eigenvalue weighted by Gasteiger charge is -2.31. The normalized spacial score (nSPS) is 16.7. The number of hydrogen-bond donors (Lipinski definition) is 0. The average molecular weight is 397 g/mol. The number of aryl methyl sites for hydroxylation is 2. The van der Waals surface area contributed by atoms with Crippen molar-refractivity contribution in [2.45, 2.75) is 43.4 Å². The Morgan fingerprint density at radius 1 is 1.23 bits per heavy atom. The fraction of sp³-hybridized carbons (Fsp3) is 0.500. The number of hydrogen-bond acceptors (Lipinski definition) is 5. The molecule has 2 aromatic heterocycles. The number of sulfonamides is 1. The van der Waals surface area contributed by atoms with Crippen LogP contribution in [0.15, 0.2) is 33.3 Å². The van der Waals surface area contributed by atoms with Gasteiger partial charge in [0.25, 0.3) is 15.6 Å². The van der Waals surface area contributed by atoms with E-state index in [-0.39, 0.29) is 11.7 Å². The molecule has 0 spiro atoms. The Hall–Kier alpha value is -1.64. The van der Waals surface area contributed by atoms with E-state index in [4.69, 9.17) is 4.74 Å². The molecule has 0 atom stereocenters. The van der Waals surface area contributed by atoms with Crippen LogP contribution in [-0.4, -0.2) is 36.5 Å². The first-order valence-corrected chi connectivity index (χ1v) is 11.0. The molecule has 0 unspecified atom stereocenters. The Balaban J connectivity index is 1.65. The van der Waals surface area contributed by atoms with Crippen LogP contribution in [0.25, 0.3) is 0 Å². The van der Waals surface area contributed by atoms with E-state index < -0.39 is 10.0 Å². The van der Waals surface area contributed by atoms with Crippen molar-refractivity contribution < 1.29 is 13.2 Å². The second-order valence-corrected chi connectivity index (χ2v) is 9.86. The van der Waals surface area contributed by atoms with Crippen LogP contribution in [-0.2, 0) is 23.5 Å². The number of piperidine rings is 1. The quantitative estimate of drug-likeness (QED) is 0.779. The summed E-state index contributed by atoms with van der Waals surface area (Å²) in [5.74, 6) is 0.553. The second kappa shape index (κ2) is 7.54. The maximum Gasteiger partial charge on any atom is 0.254 e. The molecule has 0 bridgehead atoms. The summed E-state index contributed by atoms with van der Waals surface area (Å²) in [5.41, 5.74) is 0.723. The van der Waals surface area contributed by atoms with E-state index in [1.165, 1.54) is 21.7 Å². The molecule has 1 saturated heterocycles. The van der Waals surface area contributed by atoms with Crippen molar-refractivity contribution >= 4 is 21.4 Å². The third-order valence-corrected chi connectivity index (χ3v) is 8.36. The number of pyridine rings is 1. The maximum atomic E-state index is 12.8. The smallest absolute Gasteiger partial charge is 0.254 e. The highest BCUT2D eigenvalue weighted by Crippen LogP contribution is 2.28. The zero-order chi connectivity index (χ0) is 18.9. The van der Waals surface area contributed by atoms with Gasteiger partial charge in [0.2, 0.25) is 0 Å². The van der Waals surface area contributed by atoms with Crippen LogP contribution in [0.4, 0.5) is 0 Å². The summed E-state index contributed by atoms with van der Waals surface area (Å²) in [6.07, 6.45) is 1.98. The summed E-state index contributed by atoms with van der Waals surface area (Å²) < 4.78 is 35.0. The van der Waals surface area contributed by atoms with Crippen LogP contribution < -0.4 is 10.3 Å². The second-order valence-electron chi connectivity index (χ2n) is 6.53. The standard InChI is InChI=1S/C18H24N2O4S2/c1-4-16-5-6-18(25-16)26(22,23)20-9-7-14(8-10-20)24-15-11-13(2)19(3)17(21)12-15/h5-6,11-12,14H,4,7-10H2,1-3H3. The van der Waals surface area contributed by atoms with Gasteiger partial charge >= 0.3 is 0 Å². The highest BCUT2D eigenvalue weighted by molar-refractivity contribution is 7.91. The molecule has 0 amide bonds. The van der Waals surface area contributed by atoms with E-state index in [0.29, 0.717) is 35.9 Å². The lowest BCUT2D eigenvalue weighted by Crippen LogP contribution is -2.41. The molecule has 8 heteroatoms. The predicted octanol–water partition coefficient (Wildman–Crippen LogP) is 2.55. The molecule has 1 aliphatic heterocycles. The summed E-state index contributed by atoms with van der Waals surface area (Å²) in [5, 5.41) is 0. The van der Waals surface area contributed by atoms with Crippen molar-refractivity contribution in [2.24, 2.45) is 7.05 Å². The topological polar surface area (TPSA) is 68.6 Å². The van der Waals surface area contributed by atoms with Gasteiger partial charge in [-0.05, 0) is 44.4 Å². The van der Waals surface area contributed by atoms with Gasteiger partial charge in [0.1, 0.15) is 16.1 Å². The maximum absolute atomic E-state index is 12.8. The number of ether oxygens (including phenoxy) is 1. The van der Waals surface area contributed by atoms with Crippen LogP contribution in [0.5, 0.6) is 5.75 Å². The van der Waals surface area contributed by atoms with Gasteiger partial charge in [-0.25, -0.2) is 8.42 Å². The summed E-state index contributed by atoms with van der Waals surface area (Å²) in [6.45, 7) is 4.73. The molecule has 26 heavy (non-hydrogen) atoms. The van der Waals surface area contributed by atoms with Crippen LogP contribution in [0.2, 0.25) is 0 Å². The molecule has 142 valence electrons. The number of rotatable bonds is 5. The minimum absolute atomic E-state index is 0.0810. The minimum Gasteiger partial charge on any atom is -0.490 e. The Kier molecular flexibility index (Phi) is 5.55. The Labute approximate surface area is 158 Å². The average Bonchev–Trinajstić information content (AvgIpc) is 3.10. The van der Waals surface area contributed by atoms with Crippen LogP contribution in [0, 0.1) is 6.92 Å². The SMILES string of the molecule is CCc1ccc(S(=O)(=O)N2CCC(Oc3cc(C)n(C)c(=O)c3)CC2)s1. The van der Waals surface area contributed by atoms with Gasteiger partial charge in [0.05, 0.1) is 0 Å². The highest BCUT2D eigenvalue weighted by Gasteiger charge is 2.31. The molecular weight excluding hydrogens is 372 g/mol. The third kappa shape index (κ3) is 3.87. The van der Waals surface area contributed by atoms with Crippen molar-refractivity contribution in [1.82, 2.24) is 8.87 Å². The van der Waals surface area contributed by atoms with Gasteiger partial charge in [-0.2, -0.15) is 4.31 Å². The summed E-state index contributed by atoms with van der Waals surface area (Å²) in [4.78, 5) is 12.9. The fourth-order valence-electron chi connectivity index (χ4n) is 3.00. The number of aromatic nitrogens is 1. The first-order valence-electron chi connectivity index (χ1n) is 8.74. The lowest BCUT2D eigenvalue weighted by molar-refractivity contribution is 0.135. The first kappa shape index (κ1) is 19.1. The van der Waals surface area contributed by atoms with Crippen molar-refractivity contribution in [2.75, 3.05) is 13.1 Å². The van der Waals surface area contributed by atoms with Crippen LogP contribution in [0.3, 0.4) is 0 Å². The number of nitrogens with zero attached hydrogens (tertiary/aromatic N) is 2. The first-order chi connectivity index (χ1) is 12.3. The van der Waals surface area contributed by atoms with Gasteiger partial charge in [-0.3, -0.25) is 4.79 Å². The Morgan fingerprint density at radius 3 is 2.50 bits per heavy atom. The van der Waals surface area contributed by atoms with E-state index in [1.54, 1.807) is 17.7 Å². The molecule has 2 aromatic rings. The zero-order valence-electron chi connectivity index (χ0n) is 15.3.